The smallest absolute Gasteiger partial charge is 0.237 e. The summed E-state index contributed by atoms with van der Waals surface area (Å²) in [6.45, 7) is 2.41. The molecule has 8 heteroatoms. The van der Waals surface area contributed by atoms with Crippen molar-refractivity contribution < 1.29 is 9.18 Å². The van der Waals surface area contributed by atoms with E-state index in [0.717, 1.165) is 5.56 Å². The van der Waals surface area contributed by atoms with E-state index in [0.29, 0.717) is 16.0 Å². The van der Waals surface area contributed by atoms with Gasteiger partial charge < -0.3 is 10.6 Å². The Morgan fingerprint density at radius 2 is 1.88 bits per heavy atom. The number of hydrogen-bond acceptors (Lipinski definition) is 6. The minimum absolute atomic E-state index is 0.174. The summed E-state index contributed by atoms with van der Waals surface area (Å²) in [4.78, 5) is 12.2. The van der Waals surface area contributed by atoms with Gasteiger partial charge in [-0.25, -0.2) is 4.39 Å². The third kappa shape index (κ3) is 5.03. The first-order valence-corrected chi connectivity index (χ1v) is 9.65. The lowest BCUT2D eigenvalue weighted by Gasteiger charge is -2.10. The molecule has 3 rings (SSSR count). The summed E-state index contributed by atoms with van der Waals surface area (Å²) in [6, 6.07) is 16.1. The average Bonchev–Trinajstić information content (AvgIpc) is 3.10. The highest BCUT2D eigenvalue weighted by Gasteiger charge is 2.18. The summed E-state index contributed by atoms with van der Waals surface area (Å²) in [5.41, 5.74) is 1.32. The summed E-state index contributed by atoms with van der Waals surface area (Å²) in [5.74, 6) is -0.740. The van der Waals surface area contributed by atoms with Gasteiger partial charge in [-0.05, 0) is 24.6 Å². The van der Waals surface area contributed by atoms with Gasteiger partial charge in [-0.15, -0.1) is 10.2 Å². The zero-order chi connectivity index (χ0) is 18.4. The van der Waals surface area contributed by atoms with Crippen LogP contribution >= 0.6 is 23.1 Å². The highest BCUT2D eigenvalue weighted by molar-refractivity contribution is 8.02. The first kappa shape index (κ1) is 18.3. The van der Waals surface area contributed by atoms with E-state index in [9.17, 15) is 9.18 Å². The molecule has 0 aliphatic rings. The predicted molar refractivity (Wildman–Crippen MR) is 104 cm³/mol. The van der Waals surface area contributed by atoms with Crippen molar-refractivity contribution in [2.45, 2.75) is 23.1 Å². The Labute approximate surface area is 159 Å². The van der Waals surface area contributed by atoms with Crippen LogP contribution in [0.1, 0.15) is 12.5 Å². The summed E-state index contributed by atoms with van der Waals surface area (Å²) < 4.78 is 14.3. The molecule has 0 unspecified atom stereocenters. The topological polar surface area (TPSA) is 66.9 Å². The van der Waals surface area contributed by atoms with Crippen LogP contribution in [0.2, 0.25) is 0 Å². The number of aromatic nitrogens is 2. The van der Waals surface area contributed by atoms with E-state index in [1.54, 1.807) is 19.1 Å². The van der Waals surface area contributed by atoms with E-state index < -0.39 is 11.1 Å². The number of amides is 1. The van der Waals surface area contributed by atoms with Gasteiger partial charge in [-0.2, -0.15) is 0 Å². The van der Waals surface area contributed by atoms with Crippen LogP contribution in [-0.4, -0.2) is 21.4 Å². The van der Waals surface area contributed by atoms with Crippen molar-refractivity contribution in [3.05, 3.63) is 66.0 Å². The first-order chi connectivity index (χ1) is 12.6. The maximum atomic E-state index is 13.6. The minimum Gasteiger partial charge on any atom is -0.356 e. The number of nitrogens with zero attached hydrogens (tertiary/aromatic N) is 2. The Bertz CT molecular complexity index is 872. The van der Waals surface area contributed by atoms with Crippen LogP contribution in [0.5, 0.6) is 0 Å². The number of rotatable bonds is 7. The highest BCUT2D eigenvalue weighted by atomic mass is 32.2. The minimum atomic E-state index is -0.457. The molecule has 26 heavy (non-hydrogen) atoms. The number of benzene rings is 2. The standard InChI is InChI=1S/C18H17FN4OS2/c1-12(16(24)21-15-10-6-5-9-14(15)19)25-18-23-22-17(26-18)20-11-13-7-3-2-4-8-13/h2-10,12H,11H2,1H3,(H,20,22)(H,21,24)/t12-/m1/s1. The van der Waals surface area contributed by atoms with Crippen LogP contribution in [0.3, 0.4) is 0 Å². The van der Waals surface area contributed by atoms with Gasteiger partial charge in [0.2, 0.25) is 11.0 Å². The third-order valence-corrected chi connectivity index (χ3v) is 5.54. The van der Waals surface area contributed by atoms with Gasteiger partial charge in [0.25, 0.3) is 0 Å². The highest BCUT2D eigenvalue weighted by Crippen LogP contribution is 2.29. The van der Waals surface area contributed by atoms with Gasteiger partial charge in [0.1, 0.15) is 5.82 Å². The maximum absolute atomic E-state index is 13.6. The van der Waals surface area contributed by atoms with E-state index >= 15 is 0 Å². The second kappa shape index (κ2) is 8.77. The fourth-order valence-corrected chi connectivity index (χ4v) is 4.00. The van der Waals surface area contributed by atoms with Crippen LogP contribution < -0.4 is 10.6 Å². The Morgan fingerprint density at radius 3 is 2.65 bits per heavy atom. The molecule has 0 saturated carbocycles. The van der Waals surface area contributed by atoms with Crippen LogP contribution in [-0.2, 0) is 11.3 Å². The van der Waals surface area contributed by atoms with Crippen molar-refractivity contribution in [3.8, 4) is 0 Å². The molecule has 1 heterocycles. The van der Waals surface area contributed by atoms with Crippen LogP contribution in [0, 0.1) is 5.82 Å². The second-order valence-corrected chi connectivity index (χ2v) is 8.01. The van der Waals surface area contributed by atoms with Crippen LogP contribution in [0.25, 0.3) is 0 Å². The Kier molecular flexibility index (Phi) is 6.19. The second-order valence-electron chi connectivity index (χ2n) is 5.44. The molecule has 0 fully saturated rings. The molecule has 0 aliphatic carbocycles. The Balaban J connectivity index is 1.53. The molecule has 134 valence electrons. The van der Waals surface area contributed by atoms with E-state index in [1.807, 2.05) is 30.3 Å². The Morgan fingerprint density at radius 1 is 1.15 bits per heavy atom. The lowest BCUT2D eigenvalue weighted by Crippen LogP contribution is -2.22. The number of carbonyl (C=O) groups excluding carboxylic acids is 1. The molecule has 0 aliphatic heterocycles. The summed E-state index contributed by atoms with van der Waals surface area (Å²) in [5, 5.41) is 14.2. The van der Waals surface area contributed by atoms with Gasteiger partial charge in [-0.3, -0.25) is 4.79 Å². The fraction of sp³-hybridized carbons (Fsp3) is 0.167. The molecular weight excluding hydrogens is 371 g/mol. The molecule has 2 N–H and O–H groups in total. The molecule has 3 aromatic rings. The number of halogens is 1. The lowest BCUT2D eigenvalue weighted by atomic mass is 10.2. The quantitative estimate of drug-likeness (QED) is 0.587. The normalized spacial score (nSPS) is 11.8. The largest absolute Gasteiger partial charge is 0.356 e. The number of hydrogen-bond donors (Lipinski definition) is 2. The van der Waals surface area contributed by atoms with Crippen molar-refractivity contribution in [3.63, 3.8) is 0 Å². The molecule has 2 aromatic carbocycles. The van der Waals surface area contributed by atoms with E-state index in [-0.39, 0.29) is 11.6 Å². The van der Waals surface area contributed by atoms with Crippen molar-refractivity contribution in [1.29, 1.82) is 0 Å². The molecule has 1 amide bonds. The van der Waals surface area contributed by atoms with Crippen LogP contribution in [0.15, 0.2) is 58.9 Å². The van der Waals surface area contributed by atoms with Crippen LogP contribution in [0.4, 0.5) is 15.2 Å². The molecule has 0 spiro atoms. The Hall–Kier alpha value is -2.45. The van der Waals surface area contributed by atoms with Crippen molar-refractivity contribution in [1.82, 2.24) is 10.2 Å². The summed E-state index contributed by atoms with van der Waals surface area (Å²) >= 11 is 2.67. The molecule has 1 aromatic heterocycles. The average molecular weight is 388 g/mol. The molecule has 1 atom stereocenters. The summed E-state index contributed by atoms with van der Waals surface area (Å²) in [6.07, 6.45) is 0. The van der Waals surface area contributed by atoms with Crippen molar-refractivity contribution in [2.24, 2.45) is 0 Å². The lowest BCUT2D eigenvalue weighted by molar-refractivity contribution is -0.115. The van der Waals surface area contributed by atoms with Gasteiger partial charge in [0, 0.05) is 6.54 Å². The predicted octanol–water partition coefficient (Wildman–Crippen LogP) is 4.41. The first-order valence-electron chi connectivity index (χ1n) is 7.95. The zero-order valence-corrected chi connectivity index (χ0v) is 15.6. The number of nitrogens with one attached hydrogen (secondary N) is 2. The molecule has 0 bridgehead atoms. The van der Waals surface area contributed by atoms with E-state index in [4.69, 9.17) is 0 Å². The van der Waals surface area contributed by atoms with Gasteiger partial charge in [0.15, 0.2) is 4.34 Å². The molecule has 5 nitrogen and oxygen atoms in total. The summed E-state index contributed by atoms with van der Waals surface area (Å²) in [7, 11) is 0. The van der Waals surface area contributed by atoms with Gasteiger partial charge in [0.05, 0.1) is 10.9 Å². The third-order valence-electron chi connectivity index (χ3n) is 3.47. The molecule has 0 radical (unpaired) electrons. The number of thioether (sulfide) groups is 1. The fourth-order valence-electron chi connectivity index (χ4n) is 2.10. The number of anilines is 2. The van der Waals surface area contributed by atoms with Crippen molar-refractivity contribution >= 4 is 39.8 Å². The van der Waals surface area contributed by atoms with Crippen molar-refractivity contribution in [2.75, 3.05) is 10.6 Å². The molecule has 0 saturated heterocycles. The number of para-hydroxylation sites is 1. The van der Waals surface area contributed by atoms with Gasteiger partial charge in [-0.1, -0.05) is 65.6 Å². The maximum Gasteiger partial charge on any atom is 0.237 e. The number of carbonyl (C=O) groups is 1. The van der Waals surface area contributed by atoms with Gasteiger partial charge >= 0.3 is 0 Å². The molecular formula is C18H17FN4OS2. The van der Waals surface area contributed by atoms with E-state index in [1.165, 1.54) is 35.2 Å². The SMILES string of the molecule is C[C@@H](Sc1nnc(NCc2ccccc2)s1)C(=O)Nc1ccccc1F. The zero-order valence-electron chi connectivity index (χ0n) is 14.0. The monoisotopic (exact) mass is 388 g/mol. The van der Waals surface area contributed by atoms with E-state index in [2.05, 4.69) is 20.8 Å².